The summed E-state index contributed by atoms with van der Waals surface area (Å²) in [6.07, 6.45) is 7.76. The van der Waals surface area contributed by atoms with Gasteiger partial charge in [0.25, 0.3) is 0 Å². The molecule has 0 saturated heterocycles. The van der Waals surface area contributed by atoms with E-state index in [9.17, 15) is 0 Å². The molecule has 2 nitrogen and oxygen atoms in total. The second kappa shape index (κ2) is 5.40. The molecule has 0 unspecified atom stereocenters. The molecule has 0 saturated carbocycles. The highest BCUT2D eigenvalue weighted by Gasteiger charge is 2.06. The van der Waals surface area contributed by atoms with E-state index in [1.807, 2.05) is 36.8 Å². The summed E-state index contributed by atoms with van der Waals surface area (Å²) < 4.78 is 5.65. The van der Waals surface area contributed by atoms with Gasteiger partial charge in [-0.1, -0.05) is 36.4 Å². The van der Waals surface area contributed by atoms with Crippen molar-refractivity contribution in [2.75, 3.05) is 6.61 Å². The Labute approximate surface area is 96.4 Å². The summed E-state index contributed by atoms with van der Waals surface area (Å²) >= 11 is 0. The first-order valence-electron chi connectivity index (χ1n) is 5.52. The van der Waals surface area contributed by atoms with Gasteiger partial charge in [-0.15, -0.1) is 0 Å². The van der Waals surface area contributed by atoms with Crippen LogP contribution in [0.25, 0.3) is 0 Å². The van der Waals surface area contributed by atoms with E-state index < -0.39 is 0 Å². The molecule has 0 aliphatic heterocycles. The summed E-state index contributed by atoms with van der Waals surface area (Å²) in [6.45, 7) is 0.671. The third-order valence-corrected chi connectivity index (χ3v) is 2.51. The molecule has 0 amide bonds. The van der Waals surface area contributed by atoms with Gasteiger partial charge in [0.15, 0.2) is 0 Å². The van der Waals surface area contributed by atoms with Crippen LogP contribution in [0.5, 0.6) is 0 Å². The first-order chi connectivity index (χ1) is 7.86. The number of ether oxygens (including phenoxy) is 1. The topological polar surface area (TPSA) is 35.2 Å². The van der Waals surface area contributed by atoms with E-state index in [1.54, 1.807) is 0 Å². The minimum absolute atomic E-state index is 0.671. The van der Waals surface area contributed by atoms with Crippen LogP contribution in [0.15, 0.2) is 53.9 Å². The van der Waals surface area contributed by atoms with Crippen LogP contribution in [0.4, 0.5) is 0 Å². The number of hydrogen-bond acceptors (Lipinski definition) is 2. The molecule has 1 radical (unpaired) electrons. The Hall–Kier alpha value is -1.70. The lowest BCUT2D eigenvalue weighted by atomic mass is 10.1. The van der Waals surface area contributed by atoms with E-state index in [0.29, 0.717) is 6.61 Å². The summed E-state index contributed by atoms with van der Waals surface area (Å²) in [6, 6.07) is 10.3. The van der Waals surface area contributed by atoms with Gasteiger partial charge in [0, 0.05) is 12.8 Å². The molecular weight excluding hydrogens is 198 g/mol. The van der Waals surface area contributed by atoms with Gasteiger partial charge < -0.3 is 10.5 Å². The smallest absolute Gasteiger partial charge is 0.123 e. The van der Waals surface area contributed by atoms with Crippen LogP contribution >= 0.6 is 0 Å². The molecule has 0 fully saturated rings. The van der Waals surface area contributed by atoms with Crippen LogP contribution in [0.3, 0.4) is 0 Å². The molecule has 83 valence electrons. The van der Waals surface area contributed by atoms with Crippen molar-refractivity contribution in [2.24, 2.45) is 5.73 Å². The van der Waals surface area contributed by atoms with Gasteiger partial charge in [0.05, 0.1) is 12.3 Å². The molecule has 16 heavy (non-hydrogen) atoms. The number of benzene rings is 1. The van der Waals surface area contributed by atoms with Crippen molar-refractivity contribution in [3.8, 4) is 0 Å². The molecule has 0 heterocycles. The van der Waals surface area contributed by atoms with E-state index in [0.717, 1.165) is 24.3 Å². The molecule has 1 aliphatic rings. The average molecular weight is 214 g/mol. The highest BCUT2D eigenvalue weighted by molar-refractivity contribution is 5.29. The molecule has 1 aromatic carbocycles. The Morgan fingerprint density at radius 3 is 2.75 bits per heavy atom. The summed E-state index contributed by atoms with van der Waals surface area (Å²) in [5, 5.41) is 0. The minimum Gasteiger partial charge on any atom is -0.495 e. The Bertz CT molecular complexity index is 392. The fourth-order valence-electron chi connectivity index (χ4n) is 1.64. The molecule has 2 N–H and O–H groups in total. The zero-order valence-electron chi connectivity index (χ0n) is 9.23. The van der Waals surface area contributed by atoms with Crippen LogP contribution in [0.2, 0.25) is 0 Å². The fourth-order valence-corrected chi connectivity index (χ4v) is 1.64. The van der Waals surface area contributed by atoms with E-state index in [1.165, 1.54) is 5.56 Å². The van der Waals surface area contributed by atoms with Crippen molar-refractivity contribution in [3.05, 3.63) is 65.9 Å². The van der Waals surface area contributed by atoms with Crippen LogP contribution in [0.1, 0.15) is 12.0 Å². The second-order valence-electron chi connectivity index (χ2n) is 3.75. The van der Waals surface area contributed by atoms with Crippen molar-refractivity contribution < 1.29 is 4.74 Å². The lowest BCUT2D eigenvalue weighted by Crippen LogP contribution is -2.08. The largest absolute Gasteiger partial charge is 0.495 e. The molecule has 0 bridgehead atoms. The van der Waals surface area contributed by atoms with Crippen molar-refractivity contribution >= 4 is 0 Å². The zero-order valence-corrected chi connectivity index (χ0v) is 9.23. The number of nitrogens with two attached hydrogens (primary N) is 1. The van der Waals surface area contributed by atoms with E-state index in [4.69, 9.17) is 10.5 Å². The Balaban J connectivity index is 1.82. The minimum atomic E-state index is 0.671. The third kappa shape index (κ3) is 2.89. The lowest BCUT2D eigenvalue weighted by Gasteiger charge is -2.14. The third-order valence-electron chi connectivity index (χ3n) is 2.51. The monoisotopic (exact) mass is 214 g/mol. The molecule has 0 atom stereocenters. The number of allylic oxidation sites excluding steroid dienone is 3. The molecule has 1 aliphatic carbocycles. The zero-order chi connectivity index (χ0) is 11.2. The molecule has 2 rings (SSSR count). The van der Waals surface area contributed by atoms with Gasteiger partial charge in [-0.25, -0.2) is 0 Å². The quantitative estimate of drug-likeness (QED) is 0.836. The summed E-state index contributed by atoms with van der Waals surface area (Å²) in [5.74, 6) is 0.818. The van der Waals surface area contributed by atoms with Crippen molar-refractivity contribution in [1.82, 2.24) is 0 Å². The molecule has 1 aromatic rings. The van der Waals surface area contributed by atoms with Crippen LogP contribution in [-0.4, -0.2) is 6.61 Å². The van der Waals surface area contributed by atoms with Gasteiger partial charge in [-0.2, -0.15) is 0 Å². The maximum Gasteiger partial charge on any atom is 0.123 e. The fraction of sp³-hybridized carbons (Fsp3) is 0.214. The maximum atomic E-state index is 5.80. The average Bonchev–Trinajstić information content (AvgIpc) is 2.33. The first kappa shape index (κ1) is 10.8. The van der Waals surface area contributed by atoms with Gasteiger partial charge in [0.2, 0.25) is 0 Å². The molecule has 2 heteroatoms. The predicted octanol–water partition coefficient (Wildman–Crippen LogP) is 2.58. The Morgan fingerprint density at radius 1 is 1.19 bits per heavy atom. The van der Waals surface area contributed by atoms with Gasteiger partial charge in [-0.3, -0.25) is 0 Å². The molecule has 0 spiro atoms. The predicted molar refractivity (Wildman–Crippen MR) is 65.4 cm³/mol. The number of hydrogen-bond donors (Lipinski definition) is 1. The summed E-state index contributed by atoms with van der Waals surface area (Å²) in [4.78, 5) is 0. The standard InChI is InChI=1S/C14H16NO/c15-13-8-4-5-9-14(13)16-11-10-12-6-2-1-3-7-12/h1-4,6-9H,5,10-11,15H2. The summed E-state index contributed by atoms with van der Waals surface area (Å²) in [5.41, 5.74) is 7.80. The van der Waals surface area contributed by atoms with Gasteiger partial charge in [-0.05, 0) is 18.1 Å². The molecule has 0 aromatic heterocycles. The molecular formula is C14H16NO. The highest BCUT2D eigenvalue weighted by atomic mass is 16.5. The van der Waals surface area contributed by atoms with Gasteiger partial charge in [0.1, 0.15) is 5.76 Å². The van der Waals surface area contributed by atoms with Crippen molar-refractivity contribution in [3.63, 3.8) is 0 Å². The van der Waals surface area contributed by atoms with E-state index in [2.05, 4.69) is 12.1 Å². The van der Waals surface area contributed by atoms with Crippen molar-refractivity contribution in [1.29, 1.82) is 0 Å². The van der Waals surface area contributed by atoms with Crippen LogP contribution in [-0.2, 0) is 11.2 Å². The highest BCUT2D eigenvalue weighted by Crippen LogP contribution is 2.15. The maximum absolute atomic E-state index is 5.80. The SMILES string of the molecule is NC1=C(OCCc2ccccc2)[CH]CC=C1. The Kier molecular flexibility index (Phi) is 3.65. The first-order valence-corrected chi connectivity index (χ1v) is 5.52. The number of rotatable bonds is 4. The Morgan fingerprint density at radius 2 is 2.00 bits per heavy atom. The lowest BCUT2D eigenvalue weighted by molar-refractivity contribution is 0.218. The normalized spacial score (nSPS) is 15.2. The van der Waals surface area contributed by atoms with E-state index in [-0.39, 0.29) is 0 Å². The van der Waals surface area contributed by atoms with Crippen molar-refractivity contribution in [2.45, 2.75) is 12.8 Å². The van der Waals surface area contributed by atoms with Gasteiger partial charge >= 0.3 is 0 Å². The van der Waals surface area contributed by atoms with Crippen LogP contribution < -0.4 is 5.73 Å². The van der Waals surface area contributed by atoms with E-state index >= 15 is 0 Å². The van der Waals surface area contributed by atoms with Crippen LogP contribution in [0, 0.1) is 6.42 Å². The second-order valence-corrected chi connectivity index (χ2v) is 3.75. The summed E-state index contributed by atoms with van der Waals surface area (Å²) in [7, 11) is 0.